The van der Waals surface area contributed by atoms with Crippen molar-refractivity contribution in [2.75, 3.05) is 28.2 Å². The summed E-state index contributed by atoms with van der Waals surface area (Å²) in [4.78, 5) is 5.11. The number of hydrogen-bond acceptors (Lipinski definition) is 3. The summed E-state index contributed by atoms with van der Waals surface area (Å²) in [7, 11) is 0. The highest BCUT2D eigenvalue weighted by molar-refractivity contribution is 5.78. The molecule has 3 nitrogen and oxygen atoms in total. The van der Waals surface area contributed by atoms with Crippen LogP contribution in [0, 0.1) is 5.92 Å². The molecule has 4 rings (SSSR count). The molecular formula is C20H25N3. The van der Waals surface area contributed by atoms with Gasteiger partial charge < -0.3 is 15.1 Å². The topological polar surface area (TPSA) is 18.5 Å². The van der Waals surface area contributed by atoms with Gasteiger partial charge in [-0.15, -0.1) is 0 Å². The molecule has 2 aliphatic heterocycles. The summed E-state index contributed by atoms with van der Waals surface area (Å²) >= 11 is 0. The minimum Gasteiger partial charge on any atom is -0.362 e. The van der Waals surface area contributed by atoms with Crippen LogP contribution in [0.25, 0.3) is 0 Å². The van der Waals surface area contributed by atoms with E-state index in [9.17, 15) is 0 Å². The van der Waals surface area contributed by atoms with Crippen LogP contribution in [0.5, 0.6) is 0 Å². The van der Waals surface area contributed by atoms with Gasteiger partial charge in [-0.2, -0.15) is 0 Å². The Bertz CT molecular complexity index is 710. The Hall–Kier alpha value is -2.16. The highest BCUT2D eigenvalue weighted by Crippen LogP contribution is 2.49. The maximum Gasteiger partial charge on any atom is 0.124 e. The molecule has 120 valence electrons. The molecule has 0 aliphatic carbocycles. The average molecular weight is 307 g/mol. The van der Waals surface area contributed by atoms with Crippen LogP contribution < -0.4 is 15.1 Å². The van der Waals surface area contributed by atoms with Crippen LogP contribution >= 0.6 is 0 Å². The Morgan fingerprint density at radius 1 is 0.957 bits per heavy atom. The summed E-state index contributed by atoms with van der Waals surface area (Å²) < 4.78 is 0. The summed E-state index contributed by atoms with van der Waals surface area (Å²) in [6.45, 7) is 8.94. The first-order valence-corrected chi connectivity index (χ1v) is 8.68. The molecule has 2 unspecified atom stereocenters. The fourth-order valence-corrected chi connectivity index (χ4v) is 4.11. The summed E-state index contributed by atoms with van der Waals surface area (Å²) in [6, 6.07) is 18.0. The normalized spacial score (nSPS) is 21.7. The van der Waals surface area contributed by atoms with Crippen LogP contribution in [0.1, 0.15) is 32.4 Å². The van der Waals surface area contributed by atoms with Gasteiger partial charge in [-0.25, -0.2) is 0 Å². The van der Waals surface area contributed by atoms with E-state index < -0.39 is 0 Å². The predicted octanol–water partition coefficient (Wildman–Crippen LogP) is 4.48. The lowest BCUT2D eigenvalue weighted by molar-refractivity contribution is 0.500. The molecule has 0 aromatic heterocycles. The van der Waals surface area contributed by atoms with Gasteiger partial charge in [-0.3, -0.25) is 0 Å². The van der Waals surface area contributed by atoms with E-state index in [1.54, 1.807) is 0 Å². The van der Waals surface area contributed by atoms with Crippen LogP contribution in [0.2, 0.25) is 0 Å². The van der Waals surface area contributed by atoms with Crippen LogP contribution in [-0.4, -0.2) is 19.3 Å². The number of hydrogen-bond donors (Lipinski definition) is 1. The summed E-state index contributed by atoms with van der Waals surface area (Å²) in [6.07, 6.45) is 0.310. The molecule has 0 bridgehead atoms. The van der Waals surface area contributed by atoms with Gasteiger partial charge in [0.25, 0.3) is 0 Å². The fourth-order valence-electron chi connectivity index (χ4n) is 4.11. The Balaban J connectivity index is 1.84. The molecule has 2 heterocycles. The number of rotatable bonds is 3. The fraction of sp³-hybridized carbons (Fsp3) is 0.400. The lowest BCUT2D eigenvalue weighted by Crippen LogP contribution is -2.50. The second-order valence-corrected chi connectivity index (χ2v) is 6.94. The van der Waals surface area contributed by atoms with Crippen molar-refractivity contribution in [1.29, 1.82) is 0 Å². The minimum absolute atomic E-state index is 0.310. The zero-order chi connectivity index (χ0) is 16.0. The molecule has 0 radical (unpaired) electrons. The van der Waals surface area contributed by atoms with Crippen molar-refractivity contribution in [3.8, 4) is 0 Å². The van der Waals surface area contributed by atoms with Crippen molar-refractivity contribution >= 4 is 17.1 Å². The Kier molecular flexibility index (Phi) is 3.44. The van der Waals surface area contributed by atoms with Crippen molar-refractivity contribution in [3.63, 3.8) is 0 Å². The number of likely N-dealkylation sites (N-methyl/N-ethyl adjacent to an activating group) is 1. The van der Waals surface area contributed by atoms with E-state index in [1.165, 1.54) is 22.6 Å². The van der Waals surface area contributed by atoms with Gasteiger partial charge in [0, 0.05) is 24.3 Å². The van der Waals surface area contributed by atoms with Crippen molar-refractivity contribution in [2.24, 2.45) is 5.92 Å². The van der Waals surface area contributed by atoms with Crippen LogP contribution in [-0.2, 0) is 0 Å². The molecule has 0 saturated heterocycles. The van der Waals surface area contributed by atoms with E-state index in [1.807, 2.05) is 0 Å². The monoisotopic (exact) mass is 307 g/mol. The van der Waals surface area contributed by atoms with Gasteiger partial charge in [-0.05, 0) is 31.0 Å². The number of nitrogens with one attached hydrogen (secondary N) is 1. The standard InChI is InChI=1S/C20H25N3/c1-4-22-18-12-8-6-10-16(18)21-20-19(22)15-9-5-7-11-17(15)23(20)13-14(2)3/h5-12,14,19-21H,4,13H2,1-3H3. The third-order valence-corrected chi connectivity index (χ3v) is 4.95. The second-order valence-electron chi connectivity index (χ2n) is 6.94. The Morgan fingerprint density at radius 2 is 1.65 bits per heavy atom. The lowest BCUT2D eigenvalue weighted by Gasteiger charge is -2.44. The molecule has 2 atom stereocenters. The van der Waals surface area contributed by atoms with E-state index in [4.69, 9.17) is 0 Å². The van der Waals surface area contributed by atoms with Crippen molar-refractivity contribution in [2.45, 2.75) is 33.0 Å². The van der Waals surface area contributed by atoms with E-state index in [0.717, 1.165) is 13.1 Å². The van der Waals surface area contributed by atoms with Gasteiger partial charge >= 0.3 is 0 Å². The Morgan fingerprint density at radius 3 is 2.39 bits per heavy atom. The predicted molar refractivity (Wildman–Crippen MR) is 98.2 cm³/mol. The van der Waals surface area contributed by atoms with Crippen molar-refractivity contribution in [3.05, 3.63) is 54.1 Å². The zero-order valence-electron chi connectivity index (χ0n) is 14.2. The molecule has 2 aromatic carbocycles. The first kappa shape index (κ1) is 14.4. The molecule has 1 N–H and O–H groups in total. The number of fused-ring (bicyclic) bond motifs is 4. The largest absolute Gasteiger partial charge is 0.362 e. The zero-order valence-corrected chi connectivity index (χ0v) is 14.2. The first-order chi connectivity index (χ1) is 11.2. The third kappa shape index (κ3) is 2.18. The molecule has 3 heteroatoms. The number of anilines is 3. The maximum atomic E-state index is 3.81. The van der Waals surface area contributed by atoms with Gasteiger partial charge in [-0.1, -0.05) is 44.2 Å². The molecule has 0 fully saturated rings. The molecular weight excluding hydrogens is 282 g/mol. The van der Waals surface area contributed by atoms with E-state index in [-0.39, 0.29) is 0 Å². The van der Waals surface area contributed by atoms with Gasteiger partial charge in [0.1, 0.15) is 6.17 Å². The Labute approximate surface area is 138 Å². The van der Waals surface area contributed by atoms with Crippen molar-refractivity contribution in [1.82, 2.24) is 0 Å². The van der Waals surface area contributed by atoms with Gasteiger partial charge in [0.2, 0.25) is 0 Å². The van der Waals surface area contributed by atoms with Gasteiger partial charge in [0.15, 0.2) is 0 Å². The quantitative estimate of drug-likeness (QED) is 0.902. The number of para-hydroxylation sites is 3. The van der Waals surface area contributed by atoms with Crippen LogP contribution in [0.4, 0.5) is 17.1 Å². The van der Waals surface area contributed by atoms with Crippen LogP contribution in [0.15, 0.2) is 48.5 Å². The number of nitrogens with zero attached hydrogens (tertiary/aromatic N) is 2. The molecule has 0 saturated carbocycles. The van der Waals surface area contributed by atoms with Gasteiger partial charge in [0.05, 0.1) is 17.4 Å². The minimum atomic E-state index is 0.310. The van der Waals surface area contributed by atoms with E-state index in [2.05, 4.69) is 84.4 Å². The molecule has 2 aliphatic rings. The van der Waals surface area contributed by atoms with E-state index >= 15 is 0 Å². The molecule has 0 spiro atoms. The summed E-state index contributed by atoms with van der Waals surface area (Å²) in [5.74, 6) is 0.635. The summed E-state index contributed by atoms with van der Waals surface area (Å²) in [5, 5.41) is 3.81. The highest BCUT2D eigenvalue weighted by Gasteiger charge is 2.44. The number of benzene rings is 2. The van der Waals surface area contributed by atoms with Crippen molar-refractivity contribution < 1.29 is 0 Å². The molecule has 0 amide bonds. The summed E-state index contributed by atoms with van der Waals surface area (Å²) in [5.41, 5.74) is 5.39. The van der Waals surface area contributed by atoms with E-state index in [0.29, 0.717) is 18.1 Å². The SMILES string of the molecule is CCN1c2ccccc2NC2C1c1ccccc1N2CC(C)C. The molecule has 23 heavy (non-hydrogen) atoms. The highest BCUT2D eigenvalue weighted by atomic mass is 15.4. The molecule has 2 aromatic rings. The van der Waals surface area contributed by atoms with Crippen LogP contribution in [0.3, 0.4) is 0 Å². The second kappa shape index (κ2) is 5.48. The first-order valence-electron chi connectivity index (χ1n) is 8.68. The average Bonchev–Trinajstić information content (AvgIpc) is 2.86. The third-order valence-electron chi connectivity index (χ3n) is 4.95. The maximum absolute atomic E-state index is 3.81. The smallest absolute Gasteiger partial charge is 0.124 e. The lowest BCUT2D eigenvalue weighted by atomic mass is 10.0.